The molecule has 0 aromatic heterocycles. The van der Waals surface area contributed by atoms with Gasteiger partial charge in [0.1, 0.15) is 0 Å². The second-order valence-electron chi connectivity index (χ2n) is 3.48. The molecule has 0 spiro atoms. The summed E-state index contributed by atoms with van der Waals surface area (Å²) in [6, 6.07) is -0.342. The van der Waals surface area contributed by atoms with Gasteiger partial charge in [-0.3, -0.25) is 4.79 Å². The van der Waals surface area contributed by atoms with E-state index in [1.54, 1.807) is 4.90 Å². The molecule has 1 fully saturated rings. The number of ether oxygens (including phenoxy) is 1. The van der Waals surface area contributed by atoms with E-state index < -0.39 is 0 Å². The Balaban J connectivity index is 2.46. The summed E-state index contributed by atoms with van der Waals surface area (Å²) in [6.07, 6.45) is 0.839. The fourth-order valence-corrected chi connectivity index (χ4v) is 1.43. The number of carbonyl (C=O) groups excluding carboxylic acids is 1. The highest BCUT2D eigenvalue weighted by Crippen LogP contribution is 2.06. The lowest BCUT2D eigenvalue weighted by Crippen LogP contribution is -2.50. The minimum atomic E-state index is -0.342. The lowest BCUT2D eigenvalue weighted by molar-refractivity contribution is -0.139. The maximum Gasteiger partial charge on any atom is 0.239 e. The van der Waals surface area contributed by atoms with Crippen molar-refractivity contribution in [2.75, 3.05) is 19.7 Å². The molecule has 1 heterocycles. The quantitative estimate of drug-likeness (QED) is 0.659. The summed E-state index contributed by atoms with van der Waals surface area (Å²) in [6.45, 7) is 5.87. The number of nitrogens with two attached hydrogens (primary N) is 1. The minimum absolute atomic E-state index is 0.0534. The van der Waals surface area contributed by atoms with Gasteiger partial charge < -0.3 is 15.4 Å². The van der Waals surface area contributed by atoms with Crippen LogP contribution in [0.3, 0.4) is 0 Å². The van der Waals surface area contributed by atoms with Gasteiger partial charge in [-0.1, -0.05) is 6.92 Å². The molecule has 1 aliphatic rings. The van der Waals surface area contributed by atoms with E-state index in [-0.39, 0.29) is 18.1 Å². The first-order valence-corrected chi connectivity index (χ1v) is 4.81. The van der Waals surface area contributed by atoms with Crippen LogP contribution in [0.4, 0.5) is 0 Å². The van der Waals surface area contributed by atoms with Crippen molar-refractivity contribution in [2.45, 2.75) is 32.4 Å². The normalized spacial score (nSPS) is 25.8. The van der Waals surface area contributed by atoms with Gasteiger partial charge in [-0.25, -0.2) is 0 Å². The van der Waals surface area contributed by atoms with Crippen LogP contribution in [0.2, 0.25) is 0 Å². The molecule has 2 atom stereocenters. The zero-order chi connectivity index (χ0) is 9.84. The highest BCUT2D eigenvalue weighted by Gasteiger charge is 2.24. The van der Waals surface area contributed by atoms with Crippen LogP contribution in [0.15, 0.2) is 0 Å². The standard InChI is InChI=1S/C9H18N2O2/c1-3-8(10)9(12)11-4-5-13-7(2)6-11/h7-8H,3-6,10H2,1-2H3/t7?,8-/m0/s1. The smallest absolute Gasteiger partial charge is 0.239 e. The summed E-state index contributed by atoms with van der Waals surface area (Å²) in [4.78, 5) is 13.4. The van der Waals surface area contributed by atoms with Crippen molar-refractivity contribution in [3.8, 4) is 0 Å². The van der Waals surface area contributed by atoms with Crippen LogP contribution < -0.4 is 5.73 Å². The number of nitrogens with zero attached hydrogens (tertiary/aromatic N) is 1. The van der Waals surface area contributed by atoms with Gasteiger partial charge in [-0.2, -0.15) is 0 Å². The predicted molar refractivity (Wildman–Crippen MR) is 50.3 cm³/mol. The van der Waals surface area contributed by atoms with Crippen molar-refractivity contribution < 1.29 is 9.53 Å². The molecule has 1 amide bonds. The Bertz CT molecular complexity index is 184. The number of morpholine rings is 1. The topological polar surface area (TPSA) is 55.6 Å². The predicted octanol–water partition coefficient (Wildman–Crippen LogP) is -0.0290. The molecule has 4 heteroatoms. The van der Waals surface area contributed by atoms with Gasteiger partial charge in [0.05, 0.1) is 18.8 Å². The molecule has 0 bridgehead atoms. The summed E-state index contributed by atoms with van der Waals surface area (Å²) < 4.78 is 5.34. The number of rotatable bonds is 2. The van der Waals surface area contributed by atoms with Gasteiger partial charge in [-0.15, -0.1) is 0 Å². The first-order chi connectivity index (χ1) is 6.15. The van der Waals surface area contributed by atoms with Gasteiger partial charge in [0.2, 0.25) is 5.91 Å². The third-order valence-corrected chi connectivity index (χ3v) is 2.31. The highest BCUT2D eigenvalue weighted by molar-refractivity contribution is 5.81. The largest absolute Gasteiger partial charge is 0.375 e. The molecule has 4 nitrogen and oxygen atoms in total. The molecule has 0 aromatic rings. The number of amides is 1. The first kappa shape index (κ1) is 10.5. The molecule has 2 N–H and O–H groups in total. The highest BCUT2D eigenvalue weighted by atomic mass is 16.5. The molecule has 0 saturated carbocycles. The molecule has 1 saturated heterocycles. The van der Waals surface area contributed by atoms with Gasteiger partial charge in [0, 0.05) is 13.1 Å². The average molecular weight is 186 g/mol. The van der Waals surface area contributed by atoms with E-state index in [1.165, 1.54) is 0 Å². The molecule has 0 aliphatic carbocycles. The third kappa shape index (κ3) is 2.67. The molecule has 1 unspecified atom stereocenters. The van der Waals surface area contributed by atoms with Gasteiger partial charge in [0.15, 0.2) is 0 Å². The van der Waals surface area contributed by atoms with Gasteiger partial charge in [0.25, 0.3) is 0 Å². The van der Waals surface area contributed by atoms with Crippen LogP contribution in [0, 0.1) is 0 Å². The number of hydrogen-bond donors (Lipinski definition) is 1. The summed E-state index contributed by atoms with van der Waals surface area (Å²) >= 11 is 0. The van der Waals surface area contributed by atoms with Crippen LogP contribution in [-0.4, -0.2) is 42.6 Å². The van der Waals surface area contributed by atoms with Crippen molar-refractivity contribution in [2.24, 2.45) is 5.73 Å². The van der Waals surface area contributed by atoms with Crippen molar-refractivity contribution >= 4 is 5.91 Å². The van der Waals surface area contributed by atoms with Crippen LogP contribution >= 0.6 is 0 Å². The Kier molecular flexibility index (Phi) is 3.69. The van der Waals surface area contributed by atoms with Crippen LogP contribution in [0.25, 0.3) is 0 Å². The van der Waals surface area contributed by atoms with Crippen molar-refractivity contribution in [1.29, 1.82) is 0 Å². The second kappa shape index (κ2) is 4.58. The molecule has 1 rings (SSSR count). The molecule has 0 radical (unpaired) electrons. The Morgan fingerprint density at radius 1 is 1.77 bits per heavy atom. The maximum atomic E-state index is 11.6. The summed E-state index contributed by atoms with van der Waals surface area (Å²) in [5, 5.41) is 0. The molecule has 1 aliphatic heterocycles. The van der Waals surface area contributed by atoms with Crippen LogP contribution in [0.1, 0.15) is 20.3 Å². The molecule has 0 aromatic carbocycles. The fourth-order valence-electron chi connectivity index (χ4n) is 1.43. The Morgan fingerprint density at radius 3 is 3.00 bits per heavy atom. The molecular weight excluding hydrogens is 168 g/mol. The van der Waals surface area contributed by atoms with E-state index in [2.05, 4.69) is 0 Å². The number of carbonyl (C=O) groups is 1. The lowest BCUT2D eigenvalue weighted by Gasteiger charge is -2.32. The van der Waals surface area contributed by atoms with Gasteiger partial charge >= 0.3 is 0 Å². The SMILES string of the molecule is CC[C@H](N)C(=O)N1CCOC(C)C1. The van der Waals surface area contributed by atoms with E-state index in [0.717, 1.165) is 0 Å². The Morgan fingerprint density at radius 2 is 2.46 bits per heavy atom. The lowest BCUT2D eigenvalue weighted by atomic mass is 10.2. The van der Waals surface area contributed by atoms with Crippen molar-refractivity contribution in [3.05, 3.63) is 0 Å². The van der Waals surface area contributed by atoms with Gasteiger partial charge in [-0.05, 0) is 13.3 Å². The third-order valence-electron chi connectivity index (χ3n) is 2.31. The van der Waals surface area contributed by atoms with Crippen LogP contribution in [-0.2, 0) is 9.53 Å². The summed E-state index contributed by atoms with van der Waals surface area (Å²) in [7, 11) is 0. The fraction of sp³-hybridized carbons (Fsp3) is 0.889. The van der Waals surface area contributed by atoms with Crippen LogP contribution in [0.5, 0.6) is 0 Å². The average Bonchev–Trinajstić information content (AvgIpc) is 2.15. The molecule has 76 valence electrons. The number of hydrogen-bond acceptors (Lipinski definition) is 3. The maximum absolute atomic E-state index is 11.6. The van der Waals surface area contributed by atoms with Crippen molar-refractivity contribution in [3.63, 3.8) is 0 Å². The summed E-state index contributed by atoms with van der Waals surface area (Å²) in [5.41, 5.74) is 5.66. The van der Waals surface area contributed by atoms with E-state index in [4.69, 9.17) is 10.5 Å². The Labute approximate surface area is 79.0 Å². The second-order valence-corrected chi connectivity index (χ2v) is 3.48. The summed E-state index contributed by atoms with van der Waals surface area (Å²) in [5.74, 6) is 0.0534. The van der Waals surface area contributed by atoms with E-state index in [1.807, 2.05) is 13.8 Å². The first-order valence-electron chi connectivity index (χ1n) is 4.81. The van der Waals surface area contributed by atoms with E-state index in [0.29, 0.717) is 26.1 Å². The Hall–Kier alpha value is -0.610. The monoisotopic (exact) mass is 186 g/mol. The minimum Gasteiger partial charge on any atom is -0.375 e. The molecule has 13 heavy (non-hydrogen) atoms. The van der Waals surface area contributed by atoms with Crippen molar-refractivity contribution in [1.82, 2.24) is 4.90 Å². The van der Waals surface area contributed by atoms with E-state index >= 15 is 0 Å². The zero-order valence-corrected chi connectivity index (χ0v) is 8.32. The zero-order valence-electron chi connectivity index (χ0n) is 8.32. The molecular formula is C9H18N2O2. The van der Waals surface area contributed by atoms with E-state index in [9.17, 15) is 4.79 Å².